The smallest absolute Gasteiger partial charge is 0.189 e. The lowest BCUT2D eigenvalue weighted by Crippen LogP contribution is -2.02. The molecule has 0 saturated carbocycles. The normalized spacial score (nSPS) is 10.6. The lowest BCUT2D eigenvalue weighted by Gasteiger charge is -2.10. The van der Waals surface area contributed by atoms with Crippen molar-refractivity contribution in [1.29, 1.82) is 0 Å². The van der Waals surface area contributed by atoms with Crippen molar-refractivity contribution >= 4 is 11.9 Å². The molecule has 0 aromatic heterocycles. The Morgan fingerprint density at radius 1 is 1.08 bits per heavy atom. The molecule has 5 heteroatoms. The highest BCUT2D eigenvalue weighted by Crippen LogP contribution is 2.27. The molecule has 2 aromatic rings. The van der Waals surface area contributed by atoms with Crippen LogP contribution in [0.2, 0.25) is 0 Å². The topological polar surface area (TPSA) is 65.0 Å². The second-order valence-corrected chi connectivity index (χ2v) is 4.92. The van der Waals surface area contributed by atoms with Crippen LogP contribution in [0.15, 0.2) is 42.5 Å². The van der Waals surface area contributed by atoms with Crippen LogP contribution in [0, 0.1) is 0 Å². The zero-order valence-electron chi connectivity index (χ0n) is 13.9. The molecule has 2 rings (SSSR count). The molecule has 0 aliphatic rings. The highest BCUT2D eigenvalue weighted by molar-refractivity contribution is 6.08. The number of hydrogen-bond donors (Lipinski definition) is 1. The maximum absolute atomic E-state index is 12.5. The summed E-state index contributed by atoms with van der Waals surface area (Å²) >= 11 is 0. The van der Waals surface area contributed by atoms with Crippen molar-refractivity contribution in [2.24, 2.45) is 0 Å². The van der Waals surface area contributed by atoms with Gasteiger partial charge in [-0.1, -0.05) is 0 Å². The summed E-state index contributed by atoms with van der Waals surface area (Å²) in [5.74, 6) is 1.49. The number of phenols is 1. The van der Waals surface area contributed by atoms with E-state index < -0.39 is 0 Å². The Morgan fingerprint density at radius 2 is 1.88 bits per heavy atom. The maximum Gasteiger partial charge on any atom is 0.189 e. The fourth-order valence-corrected chi connectivity index (χ4v) is 2.20. The van der Waals surface area contributed by atoms with Gasteiger partial charge in [0.15, 0.2) is 5.78 Å². The second-order valence-electron chi connectivity index (χ2n) is 4.92. The van der Waals surface area contributed by atoms with E-state index in [0.717, 1.165) is 0 Å². The largest absolute Gasteiger partial charge is 0.508 e. The molecular formula is C19H20O5. The van der Waals surface area contributed by atoms with Crippen LogP contribution in [-0.2, 0) is 0 Å². The van der Waals surface area contributed by atoms with Gasteiger partial charge in [0, 0.05) is 17.7 Å². The summed E-state index contributed by atoms with van der Waals surface area (Å²) in [7, 11) is 3.06. The average Bonchev–Trinajstić information content (AvgIpc) is 2.60. The van der Waals surface area contributed by atoms with E-state index in [0.29, 0.717) is 35.0 Å². The van der Waals surface area contributed by atoms with Gasteiger partial charge < -0.3 is 19.3 Å². The summed E-state index contributed by atoms with van der Waals surface area (Å²) in [5.41, 5.74) is 1.14. The molecule has 1 N–H and O–H groups in total. The number of phenolic OH excluding ortho intramolecular Hbond substituents is 1. The highest BCUT2D eigenvalue weighted by atomic mass is 16.5. The van der Waals surface area contributed by atoms with Crippen molar-refractivity contribution in [3.8, 4) is 23.0 Å². The van der Waals surface area contributed by atoms with E-state index in [1.165, 1.54) is 25.3 Å². The Kier molecular flexibility index (Phi) is 5.84. The lowest BCUT2D eigenvalue weighted by molar-refractivity contribution is 0.104. The number of carbonyl (C=O) groups is 1. The van der Waals surface area contributed by atoms with Gasteiger partial charge in [0.25, 0.3) is 0 Å². The van der Waals surface area contributed by atoms with Gasteiger partial charge >= 0.3 is 0 Å². The number of rotatable bonds is 7. The van der Waals surface area contributed by atoms with Gasteiger partial charge in [0.2, 0.25) is 0 Å². The monoisotopic (exact) mass is 328 g/mol. The standard InChI is InChI=1S/C19H20O5/c1-4-24-19-12-15(22-2)8-9-16(19)17(21)10-6-13-5-7-14(20)11-18(13)23-3/h5-12,20H,4H2,1-3H3. The molecular weight excluding hydrogens is 308 g/mol. The van der Waals surface area contributed by atoms with Crippen LogP contribution in [0.3, 0.4) is 0 Å². The zero-order chi connectivity index (χ0) is 17.5. The number of carbonyl (C=O) groups excluding carboxylic acids is 1. The Morgan fingerprint density at radius 3 is 2.54 bits per heavy atom. The minimum atomic E-state index is -0.198. The quantitative estimate of drug-likeness (QED) is 0.620. The summed E-state index contributed by atoms with van der Waals surface area (Å²) in [4.78, 5) is 12.5. The Labute approximate surface area is 141 Å². The fraction of sp³-hybridized carbons (Fsp3) is 0.211. The first kappa shape index (κ1) is 17.4. The van der Waals surface area contributed by atoms with Crippen molar-refractivity contribution in [3.05, 3.63) is 53.6 Å². The van der Waals surface area contributed by atoms with Gasteiger partial charge in [0.05, 0.1) is 26.4 Å². The molecule has 0 aliphatic carbocycles. The van der Waals surface area contributed by atoms with Crippen molar-refractivity contribution in [1.82, 2.24) is 0 Å². The van der Waals surface area contributed by atoms with E-state index in [4.69, 9.17) is 14.2 Å². The van der Waals surface area contributed by atoms with Crippen molar-refractivity contribution in [2.45, 2.75) is 6.92 Å². The molecule has 5 nitrogen and oxygen atoms in total. The van der Waals surface area contributed by atoms with Crippen LogP contribution >= 0.6 is 0 Å². The minimum Gasteiger partial charge on any atom is -0.508 e. The number of methoxy groups -OCH3 is 2. The zero-order valence-corrected chi connectivity index (χ0v) is 13.9. The number of hydrogen-bond acceptors (Lipinski definition) is 5. The van der Waals surface area contributed by atoms with Crippen LogP contribution in [-0.4, -0.2) is 31.7 Å². The Hall–Kier alpha value is -2.95. The molecule has 2 aromatic carbocycles. The number of aromatic hydroxyl groups is 1. The predicted octanol–water partition coefficient (Wildman–Crippen LogP) is 3.70. The van der Waals surface area contributed by atoms with Crippen LogP contribution in [0.4, 0.5) is 0 Å². The third kappa shape index (κ3) is 4.07. The fourth-order valence-electron chi connectivity index (χ4n) is 2.20. The van der Waals surface area contributed by atoms with Crippen LogP contribution in [0.25, 0.3) is 6.08 Å². The number of benzene rings is 2. The number of ether oxygens (including phenoxy) is 3. The SMILES string of the molecule is CCOc1cc(OC)ccc1C(=O)C=Cc1ccc(O)cc1OC. The van der Waals surface area contributed by atoms with Gasteiger partial charge in [0.1, 0.15) is 23.0 Å². The summed E-state index contributed by atoms with van der Waals surface area (Å²) in [6, 6.07) is 9.77. The third-order valence-corrected chi connectivity index (χ3v) is 3.39. The number of ketones is 1. The van der Waals surface area contributed by atoms with E-state index in [1.54, 1.807) is 37.5 Å². The van der Waals surface area contributed by atoms with Crippen LogP contribution in [0.1, 0.15) is 22.8 Å². The van der Waals surface area contributed by atoms with E-state index in [2.05, 4.69) is 0 Å². The van der Waals surface area contributed by atoms with E-state index in [-0.39, 0.29) is 11.5 Å². The van der Waals surface area contributed by atoms with Crippen molar-refractivity contribution in [2.75, 3.05) is 20.8 Å². The minimum absolute atomic E-state index is 0.101. The molecule has 0 unspecified atom stereocenters. The molecule has 0 fully saturated rings. The number of allylic oxidation sites excluding steroid dienone is 1. The van der Waals surface area contributed by atoms with E-state index >= 15 is 0 Å². The van der Waals surface area contributed by atoms with Crippen LogP contribution in [0.5, 0.6) is 23.0 Å². The third-order valence-electron chi connectivity index (χ3n) is 3.39. The maximum atomic E-state index is 12.5. The van der Waals surface area contributed by atoms with Gasteiger partial charge in [-0.05, 0) is 43.3 Å². The molecule has 0 bridgehead atoms. The predicted molar refractivity (Wildman–Crippen MR) is 92.2 cm³/mol. The van der Waals surface area contributed by atoms with Crippen molar-refractivity contribution < 1.29 is 24.1 Å². The molecule has 126 valence electrons. The molecule has 0 aliphatic heterocycles. The van der Waals surface area contributed by atoms with Crippen molar-refractivity contribution in [3.63, 3.8) is 0 Å². The van der Waals surface area contributed by atoms with Gasteiger partial charge in [-0.2, -0.15) is 0 Å². The molecule has 0 amide bonds. The molecule has 0 atom stereocenters. The first-order valence-electron chi connectivity index (χ1n) is 7.49. The molecule has 0 radical (unpaired) electrons. The average molecular weight is 328 g/mol. The molecule has 0 saturated heterocycles. The summed E-state index contributed by atoms with van der Waals surface area (Å²) in [5, 5.41) is 9.47. The Balaban J connectivity index is 2.29. The second kappa shape index (κ2) is 8.06. The lowest BCUT2D eigenvalue weighted by atomic mass is 10.1. The van der Waals surface area contributed by atoms with Gasteiger partial charge in [-0.3, -0.25) is 4.79 Å². The summed E-state index contributed by atoms with van der Waals surface area (Å²) < 4.78 is 15.9. The molecule has 0 spiro atoms. The molecule has 24 heavy (non-hydrogen) atoms. The van der Waals surface area contributed by atoms with E-state index in [9.17, 15) is 9.90 Å². The highest BCUT2D eigenvalue weighted by Gasteiger charge is 2.12. The van der Waals surface area contributed by atoms with Gasteiger partial charge in [-0.25, -0.2) is 0 Å². The Bertz CT molecular complexity index is 749. The first-order chi connectivity index (χ1) is 11.6. The summed E-state index contributed by atoms with van der Waals surface area (Å²) in [6.07, 6.45) is 3.08. The van der Waals surface area contributed by atoms with Gasteiger partial charge in [-0.15, -0.1) is 0 Å². The summed E-state index contributed by atoms with van der Waals surface area (Å²) in [6.45, 7) is 2.30. The molecule has 0 heterocycles. The first-order valence-corrected chi connectivity index (χ1v) is 7.49. The van der Waals surface area contributed by atoms with Crippen LogP contribution < -0.4 is 14.2 Å². The van der Waals surface area contributed by atoms with E-state index in [1.807, 2.05) is 6.92 Å².